The maximum Gasteiger partial charge on any atom is 0.276 e. The Hall–Kier alpha value is -1.62. The summed E-state index contributed by atoms with van der Waals surface area (Å²) in [6.45, 7) is 1.69. The molecule has 1 N–H and O–H groups in total. The zero-order valence-electron chi connectivity index (χ0n) is 7.35. The molecule has 4 nitrogen and oxygen atoms in total. The number of hydrogen-bond acceptors (Lipinski definition) is 4. The van der Waals surface area contributed by atoms with Crippen molar-refractivity contribution in [2.24, 2.45) is 0 Å². The normalized spacial score (nSPS) is 10.6. The van der Waals surface area contributed by atoms with E-state index in [-0.39, 0.29) is 11.4 Å². The summed E-state index contributed by atoms with van der Waals surface area (Å²) in [7, 11) is 0. The molecule has 0 aliphatic heterocycles. The molecular weight excluding hydrogens is 202 g/mol. The standard InChI is InChI=1S/C9H7NO3S/c1-5-6-2-3-14-9(6)8(11)4-7(5)10(12)13/h2-4,11H,1H3. The number of rotatable bonds is 1. The van der Waals surface area contributed by atoms with Gasteiger partial charge in [0.25, 0.3) is 5.69 Å². The number of nitro groups is 1. The number of hydrogen-bond donors (Lipinski definition) is 1. The van der Waals surface area contributed by atoms with Gasteiger partial charge in [0.15, 0.2) is 0 Å². The summed E-state index contributed by atoms with van der Waals surface area (Å²) < 4.78 is 0.702. The fraction of sp³-hybridized carbons (Fsp3) is 0.111. The van der Waals surface area contributed by atoms with Gasteiger partial charge >= 0.3 is 0 Å². The Morgan fingerprint density at radius 3 is 2.93 bits per heavy atom. The third-order valence-corrected chi connectivity index (χ3v) is 3.09. The predicted octanol–water partition coefficient (Wildman–Crippen LogP) is 2.82. The van der Waals surface area contributed by atoms with Gasteiger partial charge in [-0.2, -0.15) is 0 Å². The van der Waals surface area contributed by atoms with Crippen molar-refractivity contribution >= 4 is 27.1 Å². The zero-order valence-corrected chi connectivity index (χ0v) is 8.17. The number of aromatic hydroxyl groups is 1. The van der Waals surface area contributed by atoms with Crippen molar-refractivity contribution in [1.29, 1.82) is 0 Å². The van der Waals surface area contributed by atoms with Crippen LogP contribution < -0.4 is 0 Å². The van der Waals surface area contributed by atoms with Gasteiger partial charge in [-0.3, -0.25) is 10.1 Å². The van der Waals surface area contributed by atoms with Gasteiger partial charge in [-0.05, 0) is 18.4 Å². The van der Waals surface area contributed by atoms with E-state index in [1.165, 1.54) is 17.4 Å². The molecule has 0 bridgehead atoms. The van der Waals surface area contributed by atoms with Gasteiger partial charge in [-0.1, -0.05) is 0 Å². The van der Waals surface area contributed by atoms with E-state index in [0.29, 0.717) is 10.3 Å². The highest BCUT2D eigenvalue weighted by atomic mass is 32.1. The summed E-state index contributed by atoms with van der Waals surface area (Å²) in [6, 6.07) is 2.98. The summed E-state index contributed by atoms with van der Waals surface area (Å²) >= 11 is 1.38. The first-order chi connectivity index (χ1) is 6.61. The lowest BCUT2D eigenvalue weighted by Gasteiger charge is -2.00. The molecule has 0 fully saturated rings. The number of nitro benzene ring substituents is 1. The minimum absolute atomic E-state index is 0.0210. The van der Waals surface area contributed by atoms with Crippen LogP contribution in [0.1, 0.15) is 5.56 Å². The molecule has 0 unspecified atom stereocenters. The lowest BCUT2D eigenvalue weighted by Crippen LogP contribution is -1.91. The van der Waals surface area contributed by atoms with E-state index in [2.05, 4.69) is 0 Å². The number of fused-ring (bicyclic) bond motifs is 1. The number of benzene rings is 1. The molecule has 5 heteroatoms. The lowest BCUT2D eigenvalue weighted by atomic mass is 10.1. The summed E-state index contributed by atoms with van der Waals surface area (Å²) in [5, 5.41) is 22.7. The number of phenols is 1. The molecule has 0 saturated heterocycles. The molecule has 0 amide bonds. The number of phenolic OH excluding ortho intramolecular Hbond substituents is 1. The second kappa shape index (κ2) is 2.95. The van der Waals surface area contributed by atoms with Gasteiger partial charge in [-0.25, -0.2) is 0 Å². The van der Waals surface area contributed by atoms with Gasteiger partial charge in [0.1, 0.15) is 5.75 Å². The Morgan fingerprint density at radius 1 is 1.57 bits per heavy atom. The average Bonchev–Trinajstić information content (AvgIpc) is 2.59. The third kappa shape index (κ3) is 1.13. The summed E-state index contributed by atoms with van der Waals surface area (Å²) in [4.78, 5) is 10.2. The second-order valence-corrected chi connectivity index (χ2v) is 3.88. The van der Waals surface area contributed by atoms with Gasteiger partial charge in [0, 0.05) is 10.9 Å². The smallest absolute Gasteiger partial charge is 0.276 e. The van der Waals surface area contributed by atoms with Gasteiger partial charge in [0.2, 0.25) is 0 Å². The van der Waals surface area contributed by atoms with Crippen LogP contribution in [0.3, 0.4) is 0 Å². The van der Waals surface area contributed by atoms with Crippen molar-refractivity contribution < 1.29 is 10.0 Å². The Balaban J connectivity index is 2.88. The van der Waals surface area contributed by atoms with Crippen LogP contribution in [-0.2, 0) is 0 Å². The van der Waals surface area contributed by atoms with E-state index in [1.54, 1.807) is 18.4 Å². The van der Waals surface area contributed by atoms with Crippen LogP contribution in [0.5, 0.6) is 5.75 Å². The minimum Gasteiger partial charge on any atom is -0.506 e. The topological polar surface area (TPSA) is 63.4 Å². The molecule has 72 valence electrons. The predicted molar refractivity (Wildman–Crippen MR) is 54.9 cm³/mol. The fourth-order valence-electron chi connectivity index (χ4n) is 1.43. The van der Waals surface area contributed by atoms with Crippen molar-refractivity contribution in [3.05, 3.63) is 33.2 Å². The van der Waals surface area contributed by atoms with Gasteiger partial charge in [0.05, 0.1) is 15.7 Å². The maximum absolute atomic E-state index is 10.6. The molecule has 2 aromatic rings. The summed E-state index contributed by atoms with van der Waals surface area (Å²) in [5.74, 6) is -0.0210. The van der Waals surface area contributed by atoms with E-state index < -0.39 is 4.92 Å². The Bertz CT molecular complexity index is 518. The minimum atomic E-state index is -0.480. The first kappa shape index (κ1) is 8.96. The molecule has 0 aliphatic carbocycles. The van der Waals surface area contributed by atoms with Crippen LogP contribution >= 0.6 is 11.3 Å². The summed E-state index contributed by atoms with van der Waals surface area (Å²) in [5.41, 5.74) is 0.567. The van der Waals surface area contributed by atoms with Crippen LogP contribution in [-0.4, -0.2) is 10.0 Å². The Morgan fingerprint density at radius 2 is 2.29 bits per heavy atom. The average molecular weight is 209 g/mol. The largest absolute Gasteiger partial charge is 0.506 e. The van der Waals surface area contributed by atoms with Crippen LogP contribution in [0.4, 0.5) is 5.69 Å². The molecular formula is C9H7NO3S. The molecule has 0 aliphatic rings. The van der Waals surface area contributed by atoms with E-state index in [1.807, 2.05) is 0 Å². The highest BCUT2D eigenvalue weighted by Gasteiger charge is 2.17. The quantitative estimate of drug-likeness (QED) is 0.580. The molecule has 1 aromatic carbocycles. The van der Waals surface area contributed by atoms with E-state index >= 15 is 0 Å². The first-order valence-electron chi connectivity index (χ1n) is 3.95. The van der Waals surface area contributed by atoms with Crippen LogP contribution in [0, 0.1) is 17.0 Å². The maximum atomic E-state index is 10.6. The number of aryl methyl sites for hydroxylation is 1. The Kier molecular flexibility index (Phi) is 1.89. The molecule has 0 atom stereocenters. The molecule has 2 rings (SSSR count). The van der Waals surface area contributed by atoms with Crippen molar-refractivity contribution in [2.45, 2.75) is 6.92 Å². The molecule has 1 aromatic heterocycles. The highest BCUT2D eigenvalue weighted by molar-refractivity contribution is 7.17. The van der Waals surface area contributed by atoms with Crippen LogP contribution in [0.25, 0.3) is 10.1 Å². The molecule has 0 radical (unpaired) electrons. The number of nitrogens with zero attached hydrogens (tertiary/aromatic N) is 1. The van der Waals surface area contributed by atoms with Crippen molar-refractivity contribution in [2.75, 3.05) is 0 Å². The van der Waals surface area contributed by atoms with E-state index in [4.69, 9.17) is 0 Å². The first-order valence-corrected chi connectivity index (χ1v) is 4.83. The highest BCUT2D eigenvalue weighted by Crippen LogP contribution is 2.37. The lowest BCUT2D eigenvalue weighted by molar-refractivity contribution is -0.385. The number of thiophene rings is 1. The van der Waals surface area contributed by atoms with Crippen molar-refractivity contribution in [3.8, 4) is 5.75 Å². The summed E-state index contributed by atoms with van der Waals surface area (Å²) in [6.07, 6.45) is 0. The SMILES string of the molecule is Cc1c([N+](=O)[O-])cc(O)c2sccc12. The van der Waals surface area contributed by atoms with E-state index in [9.17, 15) is 15.2 Å². The molecule has 0 saturated carbocycles. The zero-order chi connectivity index (χ0) is 10.3. The molecule has 14 heavy (non-hydrogen) atoms. The second-order valence-electron chi connectivity index (χ2n) is 2.96. The van der Waals surface area contributed by atoms with Crippen molar-refractivity contribution in [1.82, 2.24) is 0 Å². The fourth-order valence-corrected chi connectivity index (χ4v) is 2.30. The molecule has 0 spiro atoms. The van der Waals surface area contributed by atoms with Gasteiger partial charge < -0.3 is 5.11 Å². The third-order valence-electron chi connectivity index (χ3n) is 2.16. The van der Waals surface area contributed by atoms with Gasteiger partial charge in [-0.15, -0.1) is 11.3 Å². The van der Waals surface area contributed by atoms with Crippen LogP contribution in [0.15, 0.2) is 17.5 Å². The van der Waals surface area contributed by atoms with Crippen LogP contribution in [0.2, 0.25) is 0 Å². The van der Waals surface area contributed by atoms with Crippen molar-refractivity contribution in [3.63, 3.8) is 0 Å². The molecule has 1 heterocycles. The monoisotopic (exact) mass is 209 g/mol. The van der Waals surface area contributed by atoms with E-state index in [0.717, 1.165) is 5.39 Å². The Labute approximate surface area is 83.6 Å².